The van der Waals surface area contributed by atoms with E-state index in [0.717, 1.165) is 5.75 Å². The van der Waals surface area contributed by atoms with E-state index in [4.69, 9.17) is 10.8 Å². The highest BCUT2D eigenvalue weighted by Crippen LogP contribution is 2.02. The third kappa shape index (κ3) is 6.62. The molecule has 0 aromatic heterocycles. The topological polar surface area (TPSA) is 72.5 Å². The molecule has 3 N–H and O–H groups in total. The predicted molar refractivity (Wildman–Crippen MR) is 53.5 cm³/mol. The van der Waals surface area contributed by atoms with Crippen molar-refractivity contribution in [2.24, 2.45) is 5.73 Å². The molecule has 0 radical (unpaired) electrons. The molecule has 0 fully saturated rings. The van der Waals surface area contributed by atoms with Gasteiger partial charge in [-0.3, -0.25) is 4.79 Å². The van der Waals surface area contributed by atoms with Crippen molar-refractivity contribution in [3.63, 3.8) is 0 Å². The normalized spacial score (nSPS) is 13.2. The molecule has 4 nitrogen and oxygen atoms in total. The van der Waals surface area contributed by atoms with Gasteiger partial charge in [-0.25, -0.2) is 0 Å². The van der Waals surface area contributed by atoms with E-state index in [2.05, 4.69) is 4.74 Å². The third-order valence-corrected chi connectivity index (χ3v) is 2.31. The van der Waals surface area contributed by atoms with Gasteiger partial charge < -0.3 is 15.6 Å². The van der Waals surface area contributed by atoms with Crippen molar-refractivity contribution in [2.45, 2.75) is 6.04 Å². The molecule has 0 aliphatic heterocycles. The van der Waals surface area contributed by atoms with Crippen molar-refractivity contribution in [3.8, 4) is 0 Å². The maximum atomic E-state index is 10.8. The second kappa shape index (κ2) is 8.10. The Kier molecular flexibility index (Phi) is 7.77. The molecule has 0 heterocycles. The Morgan fingerprint density at radius 2 is 2.38 bits per heavy atom. The van der Waals surface area contributed by atoms with Crippen molar-refractivity contribution in [2.75, 3.05) is 25.2 Å². The number of carbonyl (C=O) groups excluding carboxylic acids is 1. The van der Waals surface area contributed by atoms with Crippen LogP contribution in [0, 0.1) is 0 Å². The molecule has 0 saturated heterocycles. The fourth-order valence-corrected chi connectivity index (χ4v) is 1.42. The van der Waals surface area contributed by atoms with Crippen molar-refractivity contribution < 1.29 is 14.6 Å². The van der Waals surface area contributed by atoms with E-state index in [1.54, 1.807) is 6.08 Å². The average Bonchev–Trinajstić information content (AvgIpc) is 2.16. The number of carbonyl (C=O) groups is 1. The second-order valence-corrected chi connectivity index (χ2v) is 3.40. The molecule has 0 spiro atoms. The average molecular weight is 205 g/mol. The lowest BCUT2D eigenvalue weighted by atomic mass is 10.4. The number of aliphatic hydroxyl groups excluding tert-OH is 1. The summed E-state index contributed by atoms with van der Waals surface area (Å²) in [6, 6.07) is -0.558. The summed E-state index contributed by atoms with van der Waals surface area (Å²) in [5.74, 6) is 0.881. The first-order valence-corrected chi connectivity index (χ1v) is 5.04. The molecule has 0 amide bonds. The number of thioether (sulfide) groups is 1. The number of hydrogen-bond acceptors (Lipinski definition) is 5. The fourth-order valence-electron chi connectivity index (χ4n) is 0.625. The summed E-state index contributed by atoms with van der Waals surface area (Å²) in [5.41, 5.74) is 5.47. The van der Waals surface area contributed by atoms with Gasteiger partial charge in [-0.15, -0.1) is 0 Å². The summed E-state index contributed by atoms with van der Waals surface area (Å²) in [5, 5.41) is 8.41. The maximum Gasteiger partial charge on any atom is 0.323 e. The zero-order chi connectivity index (χ0) is 10.1. The van der Waals surface area contributed by atoms with E-state index in [-0.39, 0.29) is 6.61 Å². The Morgan fingerprint density at radius 3 is 2.92 bits per heavy atom. The Bertz CT molecular complexity index is 173. The van der Waals surface area contributed by atoms with E-state index in [9.17, 15) is 4.79 Å². The molecule has 0 rings (SSSR count). The smallest absolute Gasteiger partial charge is 0.323 e. The Balaban J connectivity index is 3.42. The molecule has 13 heavy (non-hydrogen) atoms. The lowest BCUT2D eigenvalue weighted by Gasteiger charge is -2.06. The Labute approximate surface area is 82.1 Å². The van der Waals surface area contributed by atoms with Crippen LogP contribution in [0.3, 0.4) is 0 Å². The Hall–Kier alpha value is -0.520. The first kappa shape index (κ1) is 12.5. The molecule has 0 aliphatic carbocycles. The van der Waals surface area contributed by atoms with E-state index < -0.39 is 12.0 Å². The van der Waals surface area contributed by atoms with Gasteiger partial charge in [-0.2, -0.15) is 11.8 Å². The van der Waals surface area contributed by atoms with Gasteiger partial charge in [-0.1, -0.05) is 12.2 Å². The van der Waals surface area contributed by atoms with Crippen molar-refractivity contribution in [1.82, 2.24) is 0 Å². The highest BCUT2D eigenvalue weighted by atomic mass is 32.2. The molecule has 0 aliphatic rings. The maximum absolute atomic E-state index is 10.8. The SMILES string of the molecule is COC(=O)C(N)CSC/C=C/CO. The molecule has 1 unspecified atom stereocenters. The van der Waals surface area contributed by atoms with Crippen LogP contribution in [0.2, 0.25) is 0 Å². The van der Waals surface area contributed by atoms with Crippen LogP contribution in [-0.4, -0.2) is 42.3 Å². The van der Waals surface area contributed by atoms with E-state index in [1.165, 1.54) is 18.9 Å². The van der Waals surface area contributed by atoms with Gasteiger partial charge in [0.2, 0.25) is 0 Å². The number of nitrogens with two attached hydrogens (primary N) is 1. The third-order valence-electron chi connectivity index (χ3n) is 1.29. The zero-order valence-corrected chi connectivity index (χ0v) is 8.42. The first-order valence-electron chi connectivity index (χ1n) is 3.89. The van der Waals surface area contributed by atoms with Crippen molar-refractivity contribution in [1.29, 1.82) is 0 Å². The van der Waals surface area contributed by atoms with Crippen LogP contribution in [0.25, 0.3) is 0 Å². The summed E-state index contributed by atoms with van der Waals surface area (Å²) in [4.78, 5) is 10.8. The van der Waals surface area contributed by atoms with Crippen LogP contribution in [0.1, 0.15) is 0 Å². The van der Waals surface area contributed by atoms with Crippen molar-refractivity contribution in [3.05, 3.63) is 12.2 Å². The van der Waals surface area contributed by atoms with E-state index in [1.807, 2.05) is 6.08 Å². The van der Waals surface area contributed by atoms with Crippen LogP contribution < -0.4 is 5.73 Å². The number of ether oxygens (including phenoxy) is 1. The highest BCUT2D eigenvalue weighted by Gasteiger charge is 2.12. The summed E-state index contributed by atoms with van der Waals surface area (Å²) in [6.45, 7) is 0.0453. The van der Waals surface area contributed by atoms with Crippen LogP contribution in [0.15, 0.2) is 12.2 Å². The van der Waals surface area contributed by atoms with E-state index >= 15 is 0 Å². The van der Waals surface area contributed by atoms with Gasteiger partial charge in [0.15, 0.2) is 0 Å². The highest BCUT2D eigenvalue weighted by molar-refractivity contribution is 7.99. The monoisotopic (exact) mass is 205 g/mol. The van der Waals surface area contributed by atoms with E-state index in [0.29, 0.717) is 5.75 Å². The number of rotatable bonds is 6. The summed E-state index contributed by atoms with van der Waals surface area (Å²) in [6.07, 6.45) is 3.48. The fraction of sp³-hybridized carbons (Fsp3) is 0.625. The molecule has 0 saturated carbocycles. The molecule has 0 aromatic carbocycles. The Morgan fingerprint density at radius 1 is 1.69 bits per heavy atom. The van der Waals surface area contributed by atoms with Crippen LogP contribution >= 0.6 is 11.8 Å². The molecular weight excluding hydrogens is 190 g/mol. The second-order valence-electron chi connectivity index (χ2n) is 2.32. The van der Waals surface area contributed by atoms with Gasteiger partial charge in [-0.05, 0) is 0 Å². The first-order chi connectivity index (χ1) is 6.22. The minimum atomic E-state index is -0.558. The van der Waals surface area contributed by atoms with Gasteiger partial charge in [0.1, 0.15) is 6.04 Å². The molecule has 0 bridgehead atoms. The molecule has 1 atom stereocenters. The minimum Gasteiger partial charge on any atom is -0.468 e. The molecule has 76 valence electrons. The minimum absolute atomic E-state index is 0.0453. The van der Waals surface area contributed by atoms with Gasteiger partial charge in [0, 0.05) is 11.5 Å². The lowest BCUT2D eigenvalue weighted by molar-refractivity contribution is -0.141. The number of esters is 1. The summed E-state index contributed by atoms with van der Waals surface area (Å²) in [7, 11) is 1.32. The molecular formula is C8H15NO3S. The predicted octanol–water partition coefficient (Wildman–Crippen LogP) is -0.232. The molecule has 5 heteroatoms. The van der Waals surface area contributed by atoms with Crippen molar-refractivity contribution >= 4 is 17.7 Å². The molecule has 0 aromatic rings. The number of hydrogen-bond donors (Lipinski definition) is 2. The number of methoxy groups -OCH3 is 1. The van der Waals surface area contributed by atoms with Gasteiger partial charge in [0.25, 0.3) is 0 Å². The largest absolute Gasteiger partial charge is 0.468 e. The quantitative estimate of drug-likeness (QED) is 0.356. The number of aliphatic hydroxyl groups is 1. The van der Waals surface area contributed by atoms with Gasteiger partial charge >= 0.3 is 5.97 Å². The van der Waals surface area contributed by atoms with Crippen LogP contribution in [-0.2, 0) is 9.53 Å². The summed E-state index contributed by atoms with van der Waals surface area (Å²) >= 11 is 1.52. The van der Waals surface area contributed by atoms with Gasteiger partial charge in [0.05, 0.1) is 13.7 Å². The standard InChI is InChI=1S/C8H15NO3S/c1-12-8(11)7(9)6-13-5-3-2-4-10/h2-3,7,10H,4-6,9H2,1H3/b3-2+. The zero-order valence-electron chi connectivity index (χ0n) is 7.60. The summed E-state index contributed by atoms with van der Waals surface area (Å²) < 4.78 is 4.45. The van der Waals surface area contributed by atoms with Crippen LogP contribution in [0.5, 0.6) is 0 Å². The van der Waals surface area contributed by atoms with Crippen LogP contribution in [0.4, 0.5) is 0 Å². The lowest BCUT2D eigenvalue weighted by Crippen LogP contribution is -2.33.